The molecule has 0 aliphatic rings. The summed E-state index contributed by atoms with van der Waals surface area (Å²) in [6.45, 7) is 1.52. The number of anilines is 1. The minimum Gasteiger partial charge on any atom is -0.490 e. The van der Waals surface area contributed by atoms with Gasteiger partial charge in [-0.3, -0.25) is 10.1 Å². The number of hydrogen-bond donors (Lipinski definition) is 2. The molecule has 0 aliphatic carbocycles. The summed E-state index contributed by atoms with van der Waals surface area (Å²) in [6.07, 6.45) is -0.766. The van der Waals surface area contributed by atoms with Crippen LogP contribution >= 0.6 is 0 Å². The SMILES string of the molecule is COc1ccc(NC(C)O)cc1[N+](=O)[O-]. The molecule has 0 amide bonds. The van der Waals surface area contributed by atoms with Gasteiger partial charge in [-0.2, -0.15) is 0 Å². The number of aliphatic hydroxyl groups is 1. The second-order valence-corrected chi connectivity index (χ2v) is 2.96. The van der Waals surface area contributed by atoms with Crippen LogP contribution in [0.4, 0.5) is 11.4 Å². The summed E-state index contributed by atoms with van der Waals surface area (Å²) < 4.78 is 4.83. The maximum atomic E-state index is 10.7. The quantitative estimate of drug-likeness (QED) is 0.447. The van der Waals surface area contributed by atoms with Gasteiger partial charge in [-0.25, -0.2) is 0 Å². The third-order valence-electron chi connectivity index (χ3n) is 1.75. The number of nitro benzene ring substituents is 1. The lowest BCUT2D eigenvalue weighted by Crippen LogP contribution is -2.13. The van der Waals surface area contributed by atoms with Crippen molar-refractivity contribution in [3.63, 3.8) is 0 Å². The Morgan fingerprint density at radius 3 is 2.73 bits per heavy atom. The van der Waals surface area contributed by atoms with Gasteiger partial charge in [0.05, 0.1) is 12.0 Å². The Bertz CT molecular complexity index is 365. The molecule has 0 heterocycles. The molecule has 1 rings (SSSR count). The van der Waals surface area contributed by atoms with E-state index >= 15 is 0 Å². The maximum absolute atomic E-state index is 10.7. The van der Waals surface area contributed by atoms with Crippen molar-refractivity contribution in [1.29, 1.82) is 0 Å². The fourth-order valence-corrected chi connectivity index (χ4v) is 1.16. The summed E-state index contributed by atoms with van der Waals surface area (Å²) in [5.41, 5.74) is 0.334. The summed E-state index contributed by atoms with van der Waals surface area (Å²) in [5, 5.41) is 22.4. The Morgan fingerprint density at radius 2 is 2.27 bits per heavy atom. The van der Waals surface area contributed by atoms with Gasteiger partial charge in [-0.05, 0) is 19.1 Å². The van der Waals surface area contributed by atoms with Crippen LogP contribution in [0.3, 0.4) is 0 Å². The Labute approximate surface area is 86.6 Å². The molecule has 15 heavy (non-hydrogen) atoms. The lowest BCUT2D eigenvalue weighted by atomic mass is 10.2. The van der Waals surface area contributed by atoms with Gasteiger partial charge >= 0.3 is 5.69 Å². The topological polar surface area (TPSA) is 84.6 Å². The largest absolute Gasteiger partial charge is 0.490 e. The molecular weight excluding hydrogens is 200 g/mol. The van der Waals surface area contributed by atoms with Crippen LogP contribution in [-0.2, 0) is 0 Å². The standard InChI is InChI=1S/C9H12N2O4/c1-6(12)10-7-3-4-9(15-2)8(5-7)11(13)14/h3-6,10,12H,1-2H3. The molecule has 0 saturated carbocycles. The van der Waals surface area contributed by atoms with Gasteiger partial charge in [0.1, 0.15) is 6.23 Å². The second kappa shape index (κ2) is 4.61. The molecule has 0 radical (unpaired) electrons. The molecule has 0 fully saturated rings. The molecule has 1 atom stereocenters. The fourth-order valence-electron chi connectivity index (χ4n) is 1.16. The molecule has 6 heteroatoms. The van der Waals surface area contributed by atoms with Gasteiger partial charge in [0, 0.05) is 11.8 Å². The minimum atomic E-state index is -0.766. The van der Waals surface area contributed by atoms with Crippen molar-refractivity contribution < 1.29 is 14.8 Å². The smallest absolute Gasteiger partial charge is 0.312 e. The average Bonchev–Trinajstić information content (AvgIpc) is 2.16. The number of benzene rings is 1. The van der Waals surface area contributed by atoms with Crippen molar-refractivity contribution in [3.8, 4) is 5.75 Å². The molecule has 0 aromatic heterocycles. The lowest BCUT2D eigenvalue weighted by Gasteiger charge is -2.09. The number of rotatable bonds is 4. The first-order valence-electron chi connectivity index (χ1n) is 4.31. The van der Waals surface area contributed by atoms with Crippen LogP contribution in [0.25, 0.3) is 0 Å². The molecule has 1 unspecified atom stereocenters. The Hall–Kier alpha value is -1.82. The van der Waals surface area contributed by atoms with E-state index in [9.17, 15) is 10.1 Å². The first-order chi connectivity index (χ1) is 7.04. The summed E-state index contributed by atoms with van der Waals surface area (Å²) in [4.78, 5) is 10.1. The molecule has 0 saturated heterocycles. The van der Waals surface area contributed by atoms with Gasteiger partial charge in [-0.1, -0.05) is 0 Å². The zero-order valence-electron chi connectivity index (χ0n) is 8.43. The monoisotopic (exact) mass is 212 g/mol. The summed E-state index contributed by atoms with van der Waals surface area (Å²) in [6, 6.07) is 4.38. The molecule has 0 bridgehead atoms. The normalized spacial score (nSPS) is 11.9. The maximum Gasteiger partial charge on any atom is 0.312 e. The first-order valence-corrected chi connectivity index (χ1v) is 4.31. The fraction of sp³-hybridized carbons (Fsp3) is 0.333. The number of ether oxygens (including phenoxy) is 1. The number of hydrogen-bond acceptors (Lipinski definition) is 5. The molecule has 1 aromatic rings. The minimum absolute atomic E-state index is 0.136. The zero-order valence-corrected chi connectivity index (χ0v) is 8.43. The molecule has 1 aromatic carbocycles. The third kappa shape index (κ3) is 2.81. The average molecular weight is 212 g/mol. The second-order valence-electron chi connectivity index (χ2n) is 2.96. The highest BCUT2D eigenvalue weighted by atomic mass is 16.6. The Morgan fingerprint density at radius 1 is 1.60 bits per heavy atom. The molecular formula is C9H12N2O4. The van der Waals surface area contributed by atoms with Crippen molar-refractivity contribution in [3.05, 3.63) is 28.3 Å². The highest BCUT2D eigenvalue weighted by Crippen LogP contribution is 2.29. The van der Waals surface area contributed by atoms with Gasteiger partial charge in [0.25, 0.3) is 0 Å². The van der Waals surface area contributed by atoms with Crippen LogP contribution in [-0.4, -0.2) is 23.4 Å². The van der Waals surface area contributed by atoms with Crippen molar-refractivity contribution in [2.75, 3.05) is 12.4 Å². The molecule has 6 nitrogen and oxygen atoms in total. The Kier molecular flexibility index (Phi) is 3.46. The molecule has 2 N–H and O–H groups in total. The van der Waals surface area contributed by atoms with Crippen molar-refractivity contribution in [1.82, 2.24) is 0 Å². The molecule has 82 valence electrons. The summed E-state index contributed by atoms with van der Waals surface area (Å²) in [7, 11) is 1.37. The zero-order chi connectivity index (χ0) is 11.4. The number of aliphatic hydroxyl groups excluding tert-OH is 1. The predicted octanol–water partition coefficient (Wildman–Crippen LogP) is 1.35. The van der Waals surface area contributed by atoms with Crippen LogP contribution in [0.5, 0.6) is 5.75 Å². The number of nitrogens with zero attached hydrogens (tertiary/aromatic N) is 1. The van der Waals surface area contributed by atoms with E-state index in [0.717, 1.165) is 0 Å². The first kappa shape index (κ1) is 11.3. The predicted molar refractivity (Wildman–Crippen MR) is 55.0 cm³/mol. The van der Waals surface area contributed by atoms with Crippen LogP contribution < -0.4 is 10.1 Å². The van der Waals surface area contributed by atoms with Gasteiger partial charge in [0.2, 0.25) is 0 Å². The van der Waals surface area contributed by atoms with Crippen LogP contribution in [0, 0.1) is 10.1 Å². The number of nitro groups is 1. The van der Waals surface area contributed by atoms with Crippen molar-refractivity contribution >= 4 is 11.4 Å². The summed E-state index contributed by atoms with van der Waals surface area (Å²) >= 11 is 0. The van der Waals surface area contributed by atoms with E-state index in [-0.39, 0.29) is 11.4 Å². The van der Waals surface area contributed by atoms with E-state index < -0.39 is 11.2 Å². The van der Waals surface area contributed by atoms with Crippen molar-refractivity contribution in [2.45, 2.75) is 13.2 Å². The van der Waals surface area contributed by atoms with Crippen LogP contribution in [0.15, 0.2) is 18.2 Å². The van der Waals surface area contributed by atoms with Crippen LogP contribution in [0.1, 0.15) is 6.92 Å². The van der Waals surface area contributed by atoms with Gasteiger partial charge in [0.15, 0.2) is 5.75 Å². The number of nitrogens with one attached hydrogen (secondary N) is 1. The van der Waals surface area contributed by atoms with E-state index in [1.807, 2.05) is 0 Å². The van der Waals surface area contributed by atoms with Gasteiger partial charge in [-0.15, -0.1) is 0 Å². The molecule has 0 aliphatic heterocycles. The third-order valence-corrected chi connectivity index (χ3v) is 1.75. The van der Waals surface area contributed by atoms with E-state index in [0.29, 0.717) is 5.69 Å². The van der Waals surface area contributed by atoms with Gasteiger partial charge < -0.3 is 15.2 Å². The summed E-state index contributed by atoms with van der Waals surface area (Å²) in [5.74, 6) is 0.191. The lowest BCUT2D eigenvalue weighted by molar-refractivity contribution is -0.385. The van der Waals surface area contributed by atoms with E-state index in [1.165, 1.54) is 26.2 Å². The highest BCUT2D eigenvalue weighted by Gasteiger charge is 2.15. The number of methoxy groups -OCH3 is 1. The highest BCUT2D eigenvalue weighted by molar-refractivity contribution is 5.58. The van der Waals surface area contributed by atoms with Crippen molar-refractivity contribution in [2.24, 2.45) is 0 Å². The van der Waals surface area contributed by atoms with E-state index in [2.05, 4.69) is 5.32 Å². The van der Waals surface area contributed by atoms with Crippen LogP contribution in [0.2, 0.25) is 0 Å². The molecule has 0 spiro atoms. The van der Waals surface area contributed by atoms with E-state index in [1.54, 1.807) is 6.07 Å². The van der Waals surface area contributed by atoms with E-state index in [4.69, 9.17) is 9.84 Å². The Balaban J connectivity index is 3.05.